The van der Waals surface area contributed by atoms with Crippen LogP contribution in [-0.2, 0) is 19.1 Å². The van der Waals surface area contributed by atoms with Crippen LogP contribution in [0.1, 0.15) is 87.5 Å². The maximum absolute atomic E-state index is 14.0. The lowest BCUT2D eigenvalue weighted by molar-refractivity contribution is -0.150. The van der Waals surface area contributed by atoms with Crippen molar-refractivity contribution in [1.82, 2.24) is 15.5 Å². The zero-order valence-corrected chi connectivity index (χ0v) is 22.3. The van der Waals surface area contributed by atoms with E-state index in [9.17, 15) is 19.5 Å². The van der Waals surface area contributed by atoms with Gasteiger partial charge in [-0.1, -0.05) is 34.6 Å². The second kappa shape index (κ2) is 9.08. The Morgan fingerprint density at radius 2 is 1.82 bits per heavy atom. The highest BCUT2D eigenvalue weighted by atomic mass is 16.5. The lowest BCUT2D eigenvalue weighted by atomic mass is 9.66. The Morgan fingerprint density at radius 3 is 2.35 bits per heavy atom. The lowest BCUT2D eigenvalue weighted by Crippen LogP contribution is -2.61. The van der Waals surface area contributed by atoms with Crippen LogP contribution < -0.4 is 10.6 Å². The highest BCUT2D eigenvalue weighted by molar-refractivity contribution is 5.99. The number of aliphatic hydroxyl groups is 1. The number of hydrogen-bond donors (Lipinski definition) is 3. The van der Waals surface area contributed by atoms with Crippen molar-refractivity contribution in [2.45, 2.75) is 116 Å². The van der Waals surface area contributed by atoms with Gasteiger partial charge in [-0.05, 0) is 58.3 Å². The number of nitrogens with one attached hydrogen (secondary N) is 2. The molecule has 3 aliphatic heterocycles. The molecular weight excluding hydrogens is 434 g/mol. The van der Waals surface area contributed by atoms with Crippen LogP contribution in [0.5, 0.6) is 0 Å². The van der Waals surface area contributed by atoms with Crippen LogP contribution in [0.2, 0.25) is 0 Å². The summed E-state index contributed by atoms with van der Waals surface area (Å²) >= 11 is 0. The Morgan fingerprint density at radius 1 is 1.18 bits per heavy atom. The minimum Gasteiger partial charge on any atom is -0.394 e. The van der Waals surface area contributed by atoms with Gasteiger partial charge < -0.3 is 25.4 Å². The summed E-state index contributed by atoms with van der Waals surface area (Å²) in [6.45, 7) is 16.4. The molecule has 3 rings (SSSR count). The molecule has 2 unspecified atom stereocenters. The molecule has 3 aliphatic rings. The van der Waals surface area contributed by atoms with Gasteiger partial charge in [0.1, 0.15) is 11.6 Å². The molecule has 0 aromatic heterocycles. The molecule has 3 saturated heterocycles. The van der Waals surface area contributed by atoms with Gasteiger partial charge in [-0.25, -0.2) is 0 Å². The minimum atomic E-state index is -1.06. The molecule has 0 radical (unpaired) electrons. The number of carbonyl (C=O) groups excluding carboxylic acids is 3. The summed E-state index contributed by atoms with van der Waals surface area (Å²) in [6, 6.07) is -1.39. The summed E-state index contributed by atoms with van der Waals surface area (Å²) in [5.74, 6) is -2.09. The molecule has 0 aromatic carbocycles. The van der Waals surface area contributed by atoms with Crippen LogP contribution in [0.4, 0.5) is 0 Å². The first-order chi connectivity index (χ1) is 15.7. The molecule has 34 heavy (non-hydrogen) atoms. The van der Waals surface area contributed by atoms with Gasteiger partial charge >= 0.3 is 0 Å². The van der Waals surface area contributed by atoms with Gasteiger partial charge in [0.2, 0.25) is 17.7 Å². The smallest absolute Gasteiger partial charge is 0.246 e. The van der Waals surface area contributed by atoms with Crippen LogP contribution in [0.15, 0.2) is 0 Å². The first-order valence-corrected chi connectivity index (χ1v) is 12.9. The Hall–Kier alpha value is -1.67. The molecule has 2 bridgehead atoms. The molecule has 3 fully saturated rings. The number of likely N-dealkylation sites (tertiary alicyclic amines) is 1. The molecule has 6 atom stereocenters. The Balaban J connectivity index is 2.03. The normalized spacial score (nSPS) is 33.7. The second-order valence-corrected chi connectivity index (χ2v) is 12.6. The molecule has 3 heterocycles. The van der Waals surface area contributed by atoms with Crippen molar-refractivity contribution in [3.8, 4) is 0 Å². The van der Waals surface area contributed by atoms with Crippen molar-refractivity contribution in [2.75, 3.05) is 13.2 Å². The number of carbonyl (C=O) groups is 3. The molecule has 0 aliphatic carbocycles. The van der Waals surface area contributed by atoms with Crippen LogP contribution in [0.3, 0.4) is 0 Å². The predicted molar refractivity (Wildman–Crippen MR) is 130 cm³/mol. The summed E-state index contributed by atoms with van der Waals surface area (Å²) in [5.41, 5.74) is -2.36. The standard InChI is InChI=1S/C26H45N3O5/c1-9-13-27-20(31)17-18-22(33)29(16(10-2)14-30)19(26(18)12-11-25(17,8)34-26)21(32)28-24(6,7)15-23(3,4)5/h16-19,30H,9-15H2,1-8H3,(H,27,31)(H,28,32)/t16-,17-,18-,19?,25+,26?/m0/s1. The van der Waals surface area contributed by atoms with Gasteiger partial charge in [-0.15, -0.1) is 0 Å². The summed E-state index contributed by atoms with van der Waals surface area (Å²) < 4.78 is 6.61. The molecule has 8 heteroatoms. The van der Waals surface area contributed by atoms with Crippen molar-refractivity contribution >= 4 is 17.7 Å². The maximum atomic E-state index is 14.0. The predicted octanol–water partition coefficient (Wildman–Crippen LogP) is 2.38. The summed E-state index contributed by atoms with van der Waals surface area (Å²) in [4.78, 5) is 42.7. The summed E-state index contributed by atoms with van der Waals surface area (Å²) in [5, 5.41) is 16.3. The average molecular weight is 480 g/mol. The van der Waals surface area contributed by atoms with Gasteiger partial charge in [-0.2, -0.15) is 0 Å². The van der Waals surface area contributed by atoms with E-state index in [0.29, 0.717) is 25.8 Å². The monoisotopic (exact) mass is 479 g/mol. The van der Waals surface area contributed by atoms with E-state index in [1.807, 2.05) is 34.6 Å². The maximum Gasteiger partial charge on any atom is 0.246 e. The van der Waals surface area contributed by atoms with E-state index in [-0.39, 0.29) is 29.7 Å². The quantitative estimate of drug-likeness (QED) is 0.471. The van der Waals surface area contributed by atoms with Crippen LogP contribution in [-0.4, -0.2) is 69.7 Å². The Labute approximate surface area is 204 Å². The number of hydrogen-bond acceptors (Lipinski definition) is 5. The molecule has 1 spiro atoms. The van der Waals surface area contributed by atoms with Gasteiger partial charge in [0, 0.05) is 12.1 Å². The van der Waals surface area contributed by atoms with E-state index in [1.54, 1.807) is 0 Å². The number of fused-ring (bicyclic) bond motifs is 1. The van der Waals surface area contributed by atoms with Crippen molar-refractivity contribution in [2.24, 2.45) is 17.3 Å². The van der Waals surface area contributed by atoms with Crippen LogP contribution in [0, 0.1) is 17.3 Å². The molecule has 3 amide bonds. The number of amides is 3. The number of nitrogens with zero attached hydrogens (tertiary/aromatic N) is 1. The zero-order valence-electron chi connectivity index (χ0n) is 22.3. The van der Waals surface area contributed by atoms with Gasteiger partial charge in [-0.3, -0.25) is 14.4 Å². The van der Waals surface area contributed by atoms with E-state index in [4.69, 9.17) is 4.74 Å². The summed E-state index contributed by atoms with van der Waals surface area (Å²) in [7, 11) is 0. The highest BCUT2D eigenvalue weighted by Gasteiger charge is 2.78. The average Bonchev–Trinajstić information content (AvgIpc) is 3.26. The first kappa shape index (κ1) is 26.9. The molecule has 3 N–H and O–H groups in total. The van der Waals surface area contributed by atoms with Crippen molar-refractivity contribution in [3.63, 3.8) is 0 Å². The zero-order chi connectivity index (χ0) is 25.7. The third kappa shape index (κ3) is 4.48. The first-order valence-electron chi connectivity index (χ1n) is 12.9. The van der Waals surface area contributed by atoms with Crippen molar-refractivity contribution in [3.05, 3.63) is 0 Å². The van der Waals surface area contributed by atoms with Gasteiger partial charge in [0.15, 0.2) is 0 Å². The Kier molecular flexibility index (Phi) is 7.19. The second-order valence-electron chi connectivity index (χ2n) is 12.6. The SMILES string of the molecule is CCCNC(=O)[C@@H]1[C@H]2C(=O)N([C@@H](CC)CO)C(C(=O)NC(C)(C)CC(C)(C)C)C23CC[C@@]1(C)O3. The fourth-order valence-corrected chi connectivity index (χ4v) is 7.00. The molecule has 194 valence electrons. The molecule has 0 saturated carbocycles. The lowest BCUT2D eigenvalue weighted by Gasteiger charge is -2.40. The van der Waals surface area contributed by atoms with Crippen molar-refractivity contribution < 1.29 is 24.2 Å². The fourth-order valence-electron chi connectivity index (χ4n) is 7.00. The van der Waals surface area contributed by atoms with Crippen LogP contribution in [0.25, 0.3) is 0 Å². The Bertz CT molecular complexity index is 818. The van der Waals surface area contributed by atoms with Crippen LogP contribution >= 0.6 is 0 Å². The van der Waals surface area contributed by atoms with Gasteiger partial charge in [0.25, 0.3) is 0 Å². The molecule has 0 aromatic rings. The van der Waals surface area contributed by atoms with Crippen molar-refractivity contribution in [1.29, 1.82) is 0 Å². The number of rotatable bonds is 9. The molecule has 8 nitrogen and oxygen atoms in total. The van der Waals surface area contributed by atoms with E-state index in [2.05, 4.69) is 31.4 Å². The molecular formula is C26H45N3O5. The fraction of sp³-hybridized carbons (Fsp3) is 0.885. The largest absolute Gasteiger partial charge is 0.394 e. The highest BCUT2D eigenvalue weighted by Crippen LogP contribution is 2.63. The van der Waals surface area contributed by atoms with E-state index in [0.717, 1.165) is 12.8 Å². The third-order valence-corrected chi connectivity index (χ3v) is 7.80. The topological polar surface area (TPSA) is 108 Å². The minimum absolute atomic E-state index is 0.00190. The summed E-state index contributed by atoms with van der Waals surface area (Å²) in [6.07, 6.45) is 3.20. The third-order valence-electron chi connectivity index (χ3n) is 7.80. The van der Waals surface area contributed by atoms with Gasteiger partial charge in [0.05, 0.1) is 30.1 Å². The number of aliphatic hydroxyl groups excluding tert-OH is 1. The number of ether oxygens (including phenoxy) is 1. The van der Waals surface area contributed by atoms with E-state index >= 15 is 0 Å². The van der Waals surface area contributed by atoms with E-state index < -0.39 is 40.7 Å². The van der Waals surface area contributed by atoms with E-state index in [1.165, 1.54) is 4.90 Å².